The average molecular weight is 248 g/mol. The van der Waals surface area contributed by atoms with E-state index in [-0.39, 0.29) is 11.4 Å². The fourth-order valence-electron chi connectivity index (χ4n) is 2.30. The van der Waals surface area contributed by atoms with Gasteiger partial charge in [0, 0.05) is 30.2 Å². The number of hydrogen-bond acceptors (Lipinski definition) is 4. The lowest BCUT2D eigenvalue weighted by Crippen LogP contribution is -2.57. The highest BCUT2D eigenvalue weighted by Gasteiger charge is 2.39. The molecule has 1 amide bonds. The van der Waals surface area contributed by atoms with Crippen molar-refractivity contribution < 1.29 is 4.79 Å². The van der Waals surface area contributed by atoms with Gasteiger partial charge in [-0.25, -0.2) is 0 Å². The third kappa shape index (κ3) is 2.31. The normalized spacial score (nSPS) is 17.3. The third-order valence-corrected chi connectivity index (χ3v) is 3.91. The van der Waals surface area contributed by atoms with Crippen molar-refractivity contribution in [3.63, 3.8) is 0 Å². The number of amides is 1. The molecule has 0 unspecified atom stereocenters. The molecule has 0 aromatic carbocycles. The van der Waals surface area contributed by atoms with Gasteiger partial charge < -0.3 is 16.0 Å². The summed E-state index contributed by atoms with van der Waals surface area (Å²) in [6.45, 7) is 0.660. The van der Waals surface area contributed by atoms with Gasteiger partial charge in [0.05, 0.1) is 5.56 Å². The predicted octanol–water partition coefficient (Wildman–Crippen LogP) is 0.878. The number of anilines is 1. The zero-order valence-corrected chi connectivity index (χ0v) is 10.9. The van der Waals surface area contributed by atoms with Gasteiger partial charge in [-0.2, -0.15) is 0 Å². The second-order valence-corrected chi connectivity index (χ2v) is 5.12. The summed E-state index contributed by atoms with van der Waals surface area (Å²) in [7, 11) is 4.12. The summed E-state index contributed by atoms with van der Waals surface area (Å²) in [5.74, 6) is -0.145. The Morgan fingerprint density at radius 2 is 2.28 bits per heavy atom. The molecular weight excluding hydrogens is 228 g/mol. The maximum absolute atomic E-state index is 12.0. The quantitative estimate of drug-likeness (QED) is 0.829. The second-order valence-electron chi connectivity index (χ2n) is 5.12. The first kappa shape index (κ1) is 12.8. The van der Waals surface area contributed by atoms with Crippen LogP contribution in [0.3, 0.4) is 0 Å². The predicted molar refractivity (Wildman–Crippen MR) is 71.3 cm³/mol. The Bertz CT molecular complexity index is 440. The first-order chi connectivity index (χ1) is 8.55. The van der Waals surface area contributed by atoms with Gasteiger partial charge in [-0.05, 0) is 39.4 Å². The summed E-state index contributed by atoms with van der Waals surface area (Å²) in [4.78, 5) is 18.2. The Hall–Kier alpha value is -1.62. The number of nitrogens with two attached hydrogens (primary N) is 1. The Kier molecular flexibility index (Phi) is 3.52. The van der Waals surface area contributed by atoms with E-state index in [1.165, 1.54) is 12.6 Å². The lowest BCUT2D eigenvalue weighted by molar-refractivity contribution is 0.0558. The SMILES string of the molecule is CN(C)C1(CNC(=O)c2cnccc2N)CCC1. The molecule has 1 aliphatic rings. The van der Waals surface area contributed by atoms with E-state index in [1.807, 2.05) is 0 Å². The first-order valence-corrected chi connectivity index (χ1v) is 6.20. The molecule has 1 aromatic rings. The topological polar surface area (TPSA) is 71.2 Å². The van der Waals surface area contributed by atoms with Crippen LogP contribution in [-0.4, -0.2) is 42.0 Å². The fraction of sp³-hybridized carbons (Fsp3) is 0.538. The molecule has 0 bridgehead atoms. The van der Waals surface area contributed by atoms with Crippen molar-refractivity contribution in [1.82, 2.24) is 15.2 Å². The molecule has 3 N–H and O–H groups in total. The maximum atomic E-state index is 12.0. The molecule has 1 heterocycles. The van der Waals surface area contributed by atoms with Crippen molar-refractivity contribution in [1.29, 1.82) is 0 Å². The van der Waals surface area contributed by atoms with E-state index in [2.05, 4.69) is 29.3 Å². The molecule has 18 heavy (non-hydrogen) atoms. The van der Waals surface area contributed by atoms with E-state index in [1.54, 1.807) is 12.3 Å². The van der Waals surface area contributed by atoms with Crippen molar-refractivity contribution in [2.75, 3.05) is 26.4 Å². The summed E-state index contributed by atoms with van der Waals surface area (Å²) in [5.41, 5.74) is 6.79. The standard InChI is InChI=1S/C13H20N4O/c1-17(2)13(5-3-6-13)9-16-12(18)10-8-15-7-4-11(10)14/h4,7-8H,3,5-6,9H2,1-2H3,(H2,14,15)(H,16,18). The minimum atomic E-state index is -0.145. The zero-order valence-electron chi connectivity index (χ0n) is 10.9. The van der Waals surface area contributed by atoms with Gasteiger partial charge in [-0.1, -0.05) is 0 Å². The number of nitrogen functional groups attached to an aromatic ring is 1. The number of nitrogens with zero attached hydrogens (tertiary/aromatic N) is 2. The number of pyridine rings is 1. The van der Waals surface area contributed by atoms with E-state index in [4.69, 9.17) is 5.73 Å². The molecule has 2 rings (SSSR count). The molecule has 0 saturated heterocycles. The third-order valence-electron chi connectivity index (χ3n) is 3.91. The highest BCUT2D eigenvalue weighted by atomic mass is 16.1. The van der Waals surface area contributed by atoms with Crippen LogP contribution in [0.4, 0.5) is 5.69 Å². The monoisotopic (exact) mass is 248 g/mol. The molecule has 5 heteroatoms. The van der Waals surface area contributed by atoms with Gasteiger partial charge in [0.25, 0.3) is 5.91 Å². The molecular formula is C13H20N4O. The van der Waals surface area contributed by atoms with Crippen molar-refractivity contribution in [3.8, 4) is 0 Å². The minimum absolute atomic E-state index is 0.118. The number of hydrogen-bond donors (Lipinski definition) is 2. The Balaban J connectivity index is 1.99. The summed E-state index contributed by atoms with van der Waals surface area (Å²) in [6, 6.07) is 1.64. The van der Waals surface area contributed by atoms with Gasteiger partial charge in [0.15, 0.2) is 0 Å². The van der Waals surface area contributed by atoms with E-state index in [0.29, 0.717) is 17.8 Å². The summed E-state index contributed by atoms with van der Waals surface area (Å²) < 4.78 is 0. The highest BCUT2D eigenvalue weighted by Crippen LogP contribution is 2.35. The van der Waals surface area contributed by atoms with Gasteiger partial charge >= 0.3 is 0 Å². The zero-order chi connectivity index (χ0) is 13.2. The van der Waals surface area contributed by atoms with Crippen LogP contribution in [0.15, 0.2) is 18.5 Å². The van der Waals surface area contributed by atoms with Crippen molar-refractivity contribution in [3.05, 3.63) is 24.0 Å². The summed E-state index contributed by atoms with van der Waals surface area (Å²) >= 11 is 0. The van der Waals surface area contributed by atoms with Crippen LogP contribution in [0.1, 0.15) is 29.6 Å². The second kappa shape index (κ2) is 4.94. The van der Waals surface area contributed by atoms with E-state index in [9.17, 15) is 4.79 Å². The number of carbonyl (C=O) groups excluding carboxylic acids is 1. The van der Waals surface area contributed by atoms with E-state index < -0.39 is 0 Å². The number of nitrogens with one attached hydrogen (secondary N) is 1. The molecule has 0 aliphatic heterocycles. The van der Waals surface area contributed by atoms with Crippen LogP contribution in [-0.2, 0) is 0 Å². The molecule has 1 saturated carbocycles. The number of likely N-dealkylation sites (N-methyl/N-ethyl adjacent to an activating group) is 1. The first-order valence-electron chi connectivity index (χ1n) is 6.20. The Morgan fingerprint density at radius 1 is 1.56 bits per heavy atom. The molecule has 1 aliphatic carbocycles. The Morgan fingerprint density at radius 3 is 2.78 bits per heavy atom. The van der Waals surface area contributed by atoms with E-state index >= 15 is 0 Å². The molecule has 1 fully saturated rings. The van der Waals surface area contributed by atoms with Crippen LogP contribution >= 0.6 is 0 Å². The lowest BCUT2D eigenvalue weighted by Gasteiger charge is -2.47. The van der Waals surface area contributed by atoms with Crippen LogP contribution < -0.4 is 11.1 Å². The van der Waals surface area contributed by atoms with Crippen molar-refractivity contribution in [2.24, 2.45) is 0 Å². The molecule has 1 aromatic heterocycles. The van der Waals surface area contributed by atoms with E-state index in [0.717, 1.165) is 12.8 Å². The van der Waals surface area contributed by atoms with Crippen LogP contribution in [0.25, 0.3) is 0 Å². The average Bonchev–Trinajstić information content (AvgIpc) is 2.27. The summed E-state index contributed by atoms with van der Waals surface area (Å²) in [6.07, 6.45) is 6.57. The molecule has 5 nitrogen and oxygen atoms in total. The fourth-order valence-corrected chi connectivity index (χ4v) is 2.30. The molecule has 0 atom stereocenters. The number of carbonyl (C=O) groups is 1. The van der Waals surface area contributed by atoms with Crippen LogP contribution in [0.5, 0.6) is 0 Å². The van der Waals surface area contributed by atoms with Crippen molar-refractivity contribution >= 4 is 11.6 Å². The van der Waals surface area contributed by atoms with Gasteiger partial charge in [-0.15, -0.1) is 0 Å². The minimum Gasteiger partial charge on any atom is -0.398 e. The lowest BCUT2D eigenvalue weighted by atomic mass is 9.75. The van der Waals surface area contributed by atoms with Crippen LogP contribution in [0.2, 0.25) is 0 Å². The van der Waals surface area contributed by atoms with Gasteiger partial charge in [-0.3, -0.25) is 9.78 Å². The molecule has 0 spiro atoms. The number of rotatable bonds is 4. The highest BCUT2D eigenvalue weighted by molar-refractivity contribution is 5.98. The summed E-state index contributed by atoms with van der Waals surface area (Å²) in [5, 5.41) is 2.96. The van der Waals surface area contributed by atoms with Crippen LogP contribution in [0, 0.1) is 0 Å². The van der Waals surface area contributed by atoms with Gasteiger partial charge in [0.2, 0.25) is 0 Å². The molecule has 0 radical (unpaired) electrons. The largest absolute Gasteiger partial charge is 0.398 e. The molecule has 98 valence electrons. The van der Waals surface area contributed by atoms with Crippen molar-refractivity contribution in [2.45, 2.75) is 24.8 Å². The Labute approximate surface area is 107 Å². The smallest absolute Gasteiger partial charge is 0.255 e. The van der Waals surface area contributed by atoms with Gasteiger partial charge in [0.1, 0.15) is 0 Å². The maximum Gasteiger partial charge on any atom is 0.255 e. The number of aromatic nitrogens is 1.